The zero-order valence-corrected chi connectivity index (χ0v) is 32.3. The smallest absolute Gasteiger partial charge is 0.164 e. The Morgan fingerprint density at radius 1 is 0.345 bits per heavy atom. The number of nitrogens with zero attached hydrogens (tertiary/aromatic N) is 4. The minimum absolute atomic E-state index is 0.0807. The summed E-state index contributed by atoms with van der Waals surface area (Å²) in [6.45, 7) is 4.61. The van der Waals surface area contributed by atoms with Crippen molar-refractivity contribution in [2.24, 2.45) is 0 Å². The molecule has 4 heteroatoms. The zero-order valence-electron chi connectivity index (χ0n) is 32.3. The highest BCUT2D eigenvalue weighted by Crippen LogP contribution is 2.49. The third-order valence-corrected chi connectivity index (χ3v) is 11.9. The SMILES string of the molecule is CC1(C)c2ccccc2-c2cc(-c3nc(-c4ccc(-c5ccccc5)cc4)nc(-c4ccc(-n5c6ccccc6c6cc(-c7ccccc7)ccc65)cc4)n3)ccc21. The Labute approximate surface area is 337 Å². The highest BCUT2D eigenvalue weighted by Gasteiger charge is 2.35. The molecule has 1 aliphatic rings. The average Bonchev–Trinajstić information content (AvgIpc) is 3.74. The molecule has 0 amide bonds. The van der Waals surface area contributed by atoms with E-state index in [0.29, 0.717) is 17.5 Å². The van der Waals surface area contributed by atoms with Gasteiger partial charge in [0.05, 0.1) is 11.0 Å². The summed E-state index contributed by atoms with van der Waals surface area (Å²) in [6.07, 6.45) is 0. The van der Waals surface area contributed by atoms with Crippen molar-refractivity contribution in [2.75, 3.05) is 0 Å². The molecule has 1 aliphatic carbocycles. The fraction of sp³-hybridized carbons (Fsp3) is 0.0556. The second kappa shape index (κ2) is 13.4. The van der Waals surface area contributed by atoms with Gasteiger partial charge in [-0.1, -0.05) is 159 Å². The van der Waals surface area contributed by atoms with Crippen LogP contribution in [-0.2, 0) is 5.41 Å². The number of aromatic nitrogens is 4. The Kier molecular flexibility index (Phi) is 7.80. The van der Waals surface area contributed by atoms with Crippen LogP contribution in [0.15, 0.2) is 194 Å². The quantitative estimate of drug-likeness (QED) is 0.170. The van der Waals surface area contributed by atoms with E-state index in [0.717, 1.165) is 27.9 Å². The van der Waals surface area contributed by atoms with Gasteiger partial charge in [0.2, 0.25) is 0 Å². The molecule has 10 aromatic rings. The van der Waals surface area contributed by atoms with E-state index in [2.05, 4.69) is 206 Å². The Morgan fingerprint density at radius 2 is 0.828 bits per heavy atom. The molecule has 4 nitrogen and oxygen atoms in total. The number of hydrogen-bond donors (Lipinski definition) is 0. The molecule has 0 aliphatic heterocycles. The van der Waals surface area contributed by atoms with Crippen molar-refractivity contribution in [3.63, 3.8) is 0 Å². The molecule has 0 atom stereocenters. The van der Waals surface area contributed by atoms with Crippen LogP contribution in [0, 0.1) is 0 Å². The standard InChI is InChI=1S/C54H38N4/c1-54(2)47-19-11-9-17-43(47)45-34-41(27-31-48(45)54)53-56-51(38-23-21-37(22-24-38)35-13-5-3-6-14-35)55-52(57-53)39-25-29-42(30-26-39)58-49-20-12-10-18-44(49)46-33-40(28-32-50(46)58)36-15-7-4-8-16-36/h3-34H,1-2H3. The first-order chi connectivity index (χ1) is 28.5. The Morgan fingerprint density at radius 3 is 1.53 bits per heavy atom. The molecule has 0 bridgehead atoms. The largest absolute Gasteiger partial charge is 0.309 e. The lowest BCUT2D eigenvalue weighted by atomic mass is 9.82. The Hall–Kier alpha value is -7.43. The minimum Gasteiger partial charge on any atom is -0.309 e. The predicted octanol–water partition coefficient (Wildman–Crippen LogP) is 13.6. The number of benzene rings is 8. The second-order valence-corrected chi connectivity index (χ2v) is 15.7. The van der Waals surface area contributed by atoms with Gasteiger partial charge >= 0.3 is 0 Å². The van der Waals surface area contributed by atoms with Crippen molar-refractivity contribution < 1.29 is 0 Å². The van der Waals surface area contributed by atoms with Crippen LogP contribution in [0.2, 0.25) is 0 Å². The normalized spacial score (nSPS) is 12.8. The van der Waals surface area contributed by atoms with E-state index in [1.54, 1.807) is 0 Å². The third kappa shape index (κ3) is 5.56. The molecule has 0 saturated carbocycles. The van der Waals surface area contributed by atoms with Crippen molar-refractivity contribution >= 4 is 21.8 Å². The maximum absolute atomic E-state index is 5.18. The Balaban J connectivity index is 1.03. The van der Waals surface area contributed by atoms with Crippen LogP contribution < -0.4 is 0 Å². The summed E-state index contributed by atoms with van der Waals surface area (Å²) in [4.78, 5) is 15.5. The number of para-hydroxylation sites is 1. The van der Waals surface area contributed by atoms with Crippen LogP contribution in [0.25, 0.3) is 95.0 Å². The molecule has 0 spiro atoms. The zero-order chi connectivity index (χ0) is 38.8. The molecule has 0 saturated heterocycles. The number of rotatable bonds is 6. The fourth-order valence-corrected chi connectivity index (χ4v) is 8.89. The minimum atomic E-state index is -0.0807. The molecule has 2 aromatic heterocycles. The van der Waals surface area contributed by atoms with Gasteiger partial charge in [-0.05, 0) is 93.0 Å². The summed E-state index contributed by atoms with van der Waals surface area (Å²) in [5.41, 5.74) is 16.1. The lowest BCUT2D eigenvalue weighted by Crippen LogP contribution is -2.14. The van der Waals surface area contributed by atoms with Gasteiger partial charge in [-0.15, -0.1) is 0 Å². The fourth-order valence-electron chi connectivity index (χ4n) is 8.89. The third-order valence-electron chi connectivity index (χ3n) is 11.9. The molecule has 58 heavy (non-hydrogen) atoms. The molecule has 274 valence electrons. The summed E-state index contributed by atoms with van der Waals surface area (Å²) < 4.78 is 2.35. The van der Waals surface area contributed by atoms with Crippen LogP contribution >= 0.6 is 0 Å². The molecule has 0 N–H and O–H groups in total. The van der Waals surface area contributed by atoms with Crippen molar-refractivity contribution in [1.29, 1.82) is 0 Å². The summed E-state index contributed by atoms with van der Waals surface area (Å²) >= 11 is 0. The lowest BCUT2D eigenvalue weighted by molar-refractivity contribution is 0.660. The molecule has 0 radical (unpaired) electrons. The van der Waals surface area contributed by atoms with E-state index in [-0.39, 0.29) is 5.41 Å². The van der Waals surface area contributed by atoms with Crippen LogP contribution in [0.3, 0.4) is 0 Å². The van der Waals surface area contributed by atoms with Gasteiger partial charge in [0.1, 0.15) is 0 Å². The molecule has 0 fully saturated rings. The molecule has 8 aromatic carbocycles. The highest BCUT2D eigenvalue weighted by atomic mass is 15.0. The summed E-state index contributed by atoms with van der Waals surface area (Å²) in [5, 5.41) is 2.45. The first-order valence-electron chi connectivity index (χ1n) is 19.9. The molecular formula is C54H38N4. The van der Waals surface area contributed by atoms with Gasteiger partial charge in [0.25, 0.3) is 0 Å². The number of hydrogen-bond acceptors (Lipinski definition) is 3. The van der Waals surface area contributed by atoms with Crippen LogP contribution in [0.5, 0.6) is 0 Å². The maximum atomic E-state index is 5.18. The molecular weight excluding hydrogens is 705 g/mol. The summed E-state index contributed by atoms with van der Waals surface area (Å²) in [5.74, 6) is 1.92. The summed E-state index contributed by atoms with van der Waals surface area (Å²) in [7, 11) is 0. The van der Waals surface area contributed by atoms with E-state index in [1.165, 1.54) is 60.8 Å². The van der Waals surface area contributed by atoms with Crippen molar-refractivity contribution in [2.45, 2.75) is 19.3 Å². The molecule has 2 heterocycles. The topological polar surface area (TPSA) is 43.6 Å². The van der Waals surface area contributed by atoms with Gasteiger partial charge in [0.15, 0.2) is 17.5 Å². The second-order valence-electron chi connectivity index (χ2n) is 15.7. The van der Waals surface area contributed by atoms with E-state index >= 15 is 0 Å². The van der Waals surface area contributed by atoms with E-state index < -0.39 is 0 Å². The van der Waals surface area contributed by atoms with Crippen molar-refractivity contribution in [3.05, 3.63) is 205 Å². The average molecular weight is 743 g/mol. The predicted molar refractivity (Wildman–Crippen MR) is 239 cm³/mol. The molecule has 0 unspecified atom stereocenters. The lowest BCUT2D eigenvalue weighted by Gasteiger charge is -2.21. The Bertz CT molecular complexity index is 3160. The van der Waals surface area contributed by atoms with Gasteiger partial charge in [-0.3, -0.25) is 0 Å². The van der Waals surface area contributed by atoms with Crippen LogP contribution in [0.4, 0.5) is 0 Å². The first kappa shape index (κ1) is 33.9. The first-order valence-corrected chi connectivity index (χ1v) is 19.9. The van der Waals surface area contributed by atoms with E-state index in [1.807, 2.05) is 6.07 Å². The summed E-state index contributed by atoms with van der Waals surface area (Å²) in [6, 6.07) is 69.0. The van der Waals surface area contributed by atoms with Crippen molar-refractivity contribution in [3.8, 4) is 73.2 Å². The monoisotopic (exact) mass is 742 g/mol. The maximum Gasteiger partial charge on any atom is 0.164 e. The van der Waals surface area contributed by atoms with Crippen LogP contribution in [0.1, 0.15) is 25.0 Å². The van der Waals surface area contributed by atoms with Gasteiger partial charge < -0.3 is 4.57 Å². The molecule has 11 rings (SSSR count). The van der Waals surface area contributed by atoms with Gasteiger partial charge in [-0.25, -0.2) is 15.0 Å². The van der Waals surface area contributed by atoms with Gasteiger partial charge in [0, 0.05) is 38.6 Å². The van der Waals surface area contributed by atoms with E-state index in [9.17, 15) is 0 Å². The highest BCUT2D eigenvalue weighted by molar-refractivity contribution is 6.10. The van der Waals surface area contributed by atoms with Crippen LogP contribution in [-0.4, -0.2) is 19.5 Å². The number of fused-ring (bicyclic) bond motifs is 6. The van der Waals surface area contributed by atoms with E-state index in [4.69, 9.17) is 15.0 Å². The van der Waals surface area contributed by atoms with Gasteiger partial charge in [-0.2, -0.15) is 0 Å². The van der Waals surface area contributed by atoms with Crippen molar-refractivity contribution in [1.82, 2.24) is 19.5 Å².